The van der Waals surface area contributed by atoms with E-state index in [0.29, 0.717) is 27.8 Å². The molecule has 6 nitrogen and oxygen atoms in total. The summed E-state index contributed by atoms with van der Waals surface area (Å²) in [6.45, 7) is 1.70. The average molecular weight is 421 g/mol. The highest BCUT2D eigenvalue weighted by Crippen LogP contribution is 2.28. The second-order valence-electron chi connectivity index (χ2n) is 6.88. The standard InChI is InChI=1S/C23H21ClN4O2/c1-27-14-13-25-22(27)16-3-5-17(6-4-16)23(29)28(21-12-7-18(24)15-26-21)19-8-10-20(30-2)11-9-19/h3-12,15H,13-14H2,1-2H3. The number of hydrogen-bond donors (Lipinski definition) is 0. The van der Waals surface area contributed by atoms with Crippen molar-refractivity contribution in [3.05, 3.63) is 83.0 Å². The molecule has 2 heterocycles. The summed E-state index contributed by atoms with van der Waals surface area (Å²) in [4.78, 5) is 26.0. The molecule has 2 aromatic carbocycles. The zero-order chi connectivity index (χ0) is 21.1. The number of amidine groups is 1. The van der Waals surface area contributed by atoms with Gasteiger partial charge in [-0.05, 0) is 48.5 Å². The van der Waals surface area contributed by atoms with E-state index in [-0.39, 0.29) is 5.91 Å². The second-order valence-corrected chi connectivity index (χ2v) is 7.31. The number of aliphatic imine (C=N–C) groups is 1. The summed E-state index contributed by atoms with van der Waals surface area (Å²) in [5, 5.41) is 0.506. The highest BCUT2D eigenvalue weighted by molar-refractivity contribution is 6.30. The lowest BCUT2D eigenvalue weighted by atomic mass is 10.1. The van der Waals surface area contributed by atoms with Crippen molar-refractivity contribution in [3.63, 3.8) is 0 Å². The Morgan fingerprint density at radius 3 is 2.37 bits per heavy atom. The fraction of sp³-hybridized carbons (Fsp3) is 0.174. The van der Waals surface area contributed by atoms with Crippen LogP contribution in [0.5, 0.6) is 5.75 Å². The number of rotatable bonds is 5. The molecule has 0 bridgehead atoms. The zero-order valence-electron chi connectivity index (χ0n) is 16.7. The van der Waals surface area contributed by atoms with Gasteiger partial charge < -0.3 is 9.64 Å². The van der Waals surface area contributed by atoms with E-state index in [1.807, 2.05) is 55.6 Å². The van der Waals surface area contributed by atoms with E-state index >= 15 is 0 Å². The van der Waals surface area contributed by atoms with E-state index in [0.717, 1.165) is 24.5 Å². The zero-order valence-corrected chi connectivity index (χ0v) is 17.5. The van der Waals surface area contributed by atoms with Crippen LogP contribution in [0.2, 0.25) is 5.02 Å². The van der Waals surface area contributed by atoms with Gasteiger partial charge in [0.05, 0.1) is 24.4 Å². The van der Waals surface area contributed by atoms with Gasteiger partial charge in [0.15, 0.2) is 0 Å². The van der Waals surface area contributed by atoms with Crippen LogP contribution in [-0.4, -0.2) is 48.9 Å². The number of benzene rings is 2. The Morgan fingerprint density at radius 1 is 1.07 bits per heavy atom. The minimum absolute atomic E-state index is 0.191. The lowest BCUT2D eigenvalue weighted by molar-refractivity contribution is 0.0998. The molecule has 0 N–H and O–H groups in total. The van der Waals surface area contributed by atoms with Crippen molar-refractivity contribution >= 4 is 34.8 Å². The van der Waals surface area contributed by atoms with Gasteiger partial charge in [0.2, 0.25) is 0 Å². The lowest BCUT2D eigenvalue weighted by Gasteiger charge is -2.22. The number of halogens is 1. The number of likely N-dealkylation sites (N-methyl/N-ethyl adjacent to an activating group) is 1. The van der Waals surface area contributed by atoms with E-state index < -0.39 is 0 Å². The van der Waals surface area contributed by atoms with Gasteiger partial charge in [-0.3, -0.25) is 14.7 Å². The number of anilines is 2. The van der Waals surface area contributed by atoms with Crippen LogP contribution in [0.4, 0.5) is 11.5 Å². The van der Waals surface area contributed by atoms with Crippen LogP contribution in [-0.2, 0) is 0 Å². The first-order valence-electron chi connectivity index (χ1n) is 9.53. The Hall–Kier alpha value is -3.38. The molecule has 0 saturated heterocycles. The molecule has 0 saturated carbocycles. The summed E-state index contributed by atoms with van der Waals surface area (Å²) in [7, 11) is 3.62. The summed E-state index contributed by atoms with van der Waals surface area (Å²) in [6, 6.07) is 18.2. The van der Waals surface area contributed by atoms with Gasteiger partial charge in [0.25, 0.3) is 5.91 Å². The number of ether oxygens (including phenoxy) is 1. The van der Waals surface area contributed by atoms with Crippen molar-refractivity contribution in [3.8, 4) is 5.75 Å². The Kier molecular flexibility index (Phi) is 5.68. The van der Waals surface area contributed by atoms with E-state index in [9.17, 15) is 4.79 Å². The van der Waals surface area contributed by atoms with E-state index in [1.54, 1.807) is 24.1 Å². The molecule has 1 aromatic heterocycles. The summed E-state index contributed by atoms with van der Waals surface area (Å²) < 4.78 is 5.23. The SMILES string of the molecule is COc1ccc(N(C(=O)c2ccc(C3=NCCN3C)cc2)c2ccc(Cl)cn2)cc1. The Labute approximate surface area is 180 Å². The van der Waals surface area contributed by atoms with Crippen molar-refractivity contribution in [2.45, 2.75) is 0 Å². The number of carbonyl (C=O) groups excluding carboxylic acids is 1. The average Bonchev–Trinajstić information content (AvgIpc) is 3.21. The van der Waals surface area contributed by atoms with Crippen LogP contribution in [0.15, 0.2) is 71.9 Å². The summed E-state index contributed by atoms with van der Waals surface area (Å²) in [6.07, 6.45) is 1.53. The van der Waals surface area contributed by atoms with Crippen molar-refractivity contribution < 1.29 is 9.53 Å². The molecule has 4 rings (SSSR count). The van der Waals surface area contributed by atoms with Crippen LogP contribution >= 0.6 is 11.6 Å². The van der Waals surface area contributed by atoms with Crippen molar-refractivity contribution in [1.29, 1.82) is 0 Å². The maximum absolute atomic E-state index is 13.5. The van der Waals surface area contributed by atoms with Crippen molar-refractivity contribution in [2.75, 3.05) is 32.1 Å². The number of hydrogen-bond acceptors (Lipinski definition) is 5. The van der Waals surface area contributed by atoms with Crippen LogP contribution in [0.1, 0.15) is 15.9 Å². The van der Waals surface area contributed by atoms with Gasteiger partial charge in [0.1, 0.15) is 17.4 Å². The summed E-state index contributed by atoms with van der Waals surface area (Å²) in [5.41, 5.74) is 2.22. The first kappa shape index (κ1) is 19.9. The van der Waals surface area contributed by atoms with Crippen LogP contribution in [0.25, 0.3) is 0 Å². The molecule has 7 heteroatoms. The van der Waals surface area contributed by atoms with Gasteiger partial charge >= 0.3 is 0 Å². The quantitative estimate of drug-likeness (QED) is 0.613. The van der Waals surface area contributed by atoms with Gasteiger partial charge in [-0.15, -0.1) is 0 Å². The van der Waals surface area contributed by atoms with Gasteiger partial charge in [-0.2, -0.15) is 0 Å². The molecule has 1 aliphatic heterocycles. The van der Waals surface area contributed by atoms with Crippen LogP contribution in [0, 0.1) is 0 Å². The molecule has 0 atom stereocenters. The lowest BCUT2D eigenvalue weighted by Crippen LogP contribution is -2.27. The molecule has 0 unspecified atom stereocenters. The number of amides is 1. The van der Waals surface area contributed by atoms with Gasteiger partial charge in [0, 0.05) is 30.9 Å². The first-order chi connectivity index (χ1) is 14.6. The third-order valence-electron chi connectivity index (χ3n) is 4.92. The molecule has 0 radical (unpaired) electrons. The van der Waals surface area contributed by atoms with Gasteiger partial charge in [-0.25, -0.2) is 4.98 Å². The monoisotopic (exact) mass is 420 g/mol. The Morgan fingerprint density at radius 2 is 1.80 bits per heavy atom. The third kappa shape index (κ3) is 4.00. The Bertz CT molecular complexity index is 1060. The molecule has 0 aliphatic carbocycles. The minimum Gasteiger partial charge on any atom is -0.497 e. The highest BCUT2D eigenvalue weighted by Gasteiger charge is 2.22. The van der Waals surface area contributed by atoms with Crippen LogP contribution < -0.4 is 9.64 Å². The molecule has 0 spiro atoms. The van der Waals surface area contributed by atoms with Gasteiger partial charge in [-0.1, -0.05) is 23.7 Å². The normalized spacial score (nSPS) is 13.2. The van der Waals surface area contributed by atoms with E-state index in [1.165, 1.54) is 6.20 Å². The number of nitrogens with zero attached hydrogens (tertiary/aromatic N) is 4. The fourth-order valence-corrected chi connectivity index (χ4v) is 3.43. The van der Waals surface area contributed by atoms with E-state index in [2.05, 4.69) is 14.9 Å². The highest BCUT2D eigenvalue weighted by atomic mass is 35.5. The largest absolute Gasteiger partial charge is 0.497 e. The predicted octanol–water partition coefficient (Wildman–Crippen LogP) is 4.41. The Balaban J connectivity index is 1.69. The maximum Gasteiger partial charge on any atom is 0.264 e. The van der Waals surface area contributed by atoms with Crippen molar-refractivity contribution in [2.24, 2.45) is 4.99 Å². The molecule has 1 amide bonds. The predicted molar refractivity (Wildman–Crippen MR) is 119 cm³/mol. The molecule has 0 fully saturated rings. The summed E-state index contributed by atoms with van der Waals surface area (Å²) >= 11 is 5.99. The third-order valence-corrected chi connectivity index (χ3v) is 5.15. The van der Waals surface area contributed by atoms with Crippen LogP contribution in [0.3, 0.4) is 0 Å². The summed E-state index contributed by atoms with van der Waals surface area (Å²) in [5.74, 6) is 1.95. The minimum atomic E-state index is -0.191. The second kappa shape index (κ2) is 8.55. The number of methoxy groups -OCH3 is 1. The topological polar surface area (TPSA) is 58.0 Å². The number of carbonyl (C=O) groups is 1. The van der Waals surface area contributed by atoms with Crippen molar-refractivity contribution in [1.82, 2.24) is 9.88 Å². The van der Waals surface area contributed by atoms with E-state index in [4.69, 9.17) is 16.3 Å². The molecular formula is C23H21ClN4O2. The molecule has 30 heavy (non-hydrogen) atoms. The molecule has 3 aromatic rings. The molecular weight excluding hydrogens is 400 g/mol. The molecule has 1 aliphatic rings. The number of pyridine rings is 1. The number of aromatic nitrogens is 1. The fourth-order valence-electron chi connectivity index (χ4n) is 3.32. The molecule has 152 valence electrons. The first-order valence-corrected chi connectivity index (χ1v) is 9.91. The smallest absolute Gasteiger partial charge is 0.264 e. The maximum atomic E-state index is 13.5.